The van der Waals surface area contributed by atoms with Crippen LogP contribution >= 0.6 is 0 Å². The van der Waals surface area contributed by atoms with Crippen LogP contribution < -0.4 is 9.64 Å². The first-order chi connectivity index (χ1) is 12.3. The Hall–Kier alpha value is -2.57. The lowest BCUT2D eigenvalue weighted by atomic mass is 9.76. The number of carbonyl (C=O) groups excluding carboxylic acids is 2. The topological polar surface area (TPSA) is 87.2 Å². The monoisotopic (exact) mass is 360 g/mol. The summed E-state index contributed by atoms with van der Waals surface area (Å²) in [5.41, 5.74) is -0.355. The van der Waals surface area contributed by atoms with Crippen molar-refractivity contribution >= 4 is 23.5 Å². The number of carbonyl (C=O) groups is 3. The Morgan fingerprint density at radius 2 is 2.04 bits per heavy atom. The van der Waals surface area contributed by atoms with E-state index in [1.54, 1.807) is 30.0 Å². The molecule has 0 radical (unpaired) electrons. The number of hydrogen-bond acceptors (Lipinski definition) is 4. The summed E-state index contributed by atoms with van der Waals surface area (Å²) in [5.74, 6) is -0.903. The van der Waals surface area contributed by atoms with Gasteiger partial charge in [-0.3, -0.25) is 19.3 Å². The average molecular weight is 360 g/mol. The van der Waals surface area contributed by atoms with Crippen molar-refractivity contribution in [2.45, 2.75) is 33.3 Å². The van der Waals surface area contributed by atoms with Gasteiger partial charge in [0.1, 0.15) is 12.3 Å². The van der Waals surface area contributed by atoms with Crippen molar-refractivity contribution < 1.29 is 24.2 Å². The minimum Gasteiger partial charge on any atom is -0.481 e. The van der Waals surface area contributed by atoms with Gasteiger partial charge in [0, 0.05) is 13.1 Å². The van der Waals surface area contributed by atoms with Crippen LogP contribution in [0.1, 0.15) is 27.2 Å². The molecule has 1 aromatic carbocycles. The average Bonchev–Trinajstić information content (AvgIpc) is 3.06. The molecule has 1 N–H and O–H groups in total. The van der Waals surface area contributed by atoms with Crippen molar-refractivity contribution in [1.82, 2.24) is 4.90 Å². The molecular formula is C19H24N2O5. The number of likely N-dealkylation sites (tertiary alicyclic amines) is 1. The summed E-state index contributed by atoms with van der Waals surface area (Å²) in [6.45, 7) is 5.84. The van der Waals surface area contributed by atoms with Crippen molar-refractivity contribution in [2.75, 3.05) is 24.5 Å². The second kappa shape index (κ2) is 6.63. The third-order valence-corrected chi connectivity index (χ3v) is 5.55. The van der Waals surface area contributed by atoms with Gasteiger partial charge >= 0.3 is 5.97 Å². The number of carboxylic acid groups (broad SMARTS) is 1. The zero-order valence-corrected chi connectivity index (χ0v) is 15.3. The van der Waals surface area contributed by atoms with Gasteiger partial charge < -0.3 is 14.7 Å². The number of ether oxygens (including phenoxy) is 1. The van der Waals surface area contributed by atoms with Crippen LogP contribution in [0.2, 0.25) is 0 Å². The van der Waals surface area contributed by atoms with E-state index in [-0.39, 0.29) is 30.8 Å². The number of benzene rings is 1. The van der Waals surface area contributed by atoms with Gasteiger partial charge in [-0.15, -0.1) is 0 Å². The molecular weight excluding hydrogens is 336 g/mol. The number of anilines is 1. The van der Waals surface area contributed by atoms with Crippen LogP contribution in [0, 0.1) is 11.3 Å². The molecule has 26 heavy (non-hydrogen) atoms. The van der Waals surface area contributed by atoms with Gasteiger partial charge in [0.2, 0.25) is 5.91 Å². The summed E-state index contributed by atoms with van der Waals surface area (Å²) in [6, 6.07) is 7.10. The van der Waals surface area contributed by atoms with Gasteiger partial charge in [-0.25, -0.2) is 0 Å². The fourth-order valence-electron chi connectivity index (χ4n) is 3.70. The fraction of sp³-hybridized carbons (Fsp3) is 0.526. The van der Waals surface area contributed by atoms with E-state index in [0.717, 1.165) is 0 Å². The molecule has 1 fully saturated rings. The van der Waals surface area contributed by atoms with Crippen molar-refractivity contribution in [3.63, 3.8) is 0 Å². The summed E-state index contributed by atoms with van der Waals surface area (Å²) in [4.78, 5) is 40.1. The summed E-state index contributed by atoms with van der Waals surface area (Å²) in [7, 11) is 0. The highest BCUT2D eigenvalue weighted by Crippen LogP contribution is 2.39. The van der Waals surface area contributed by atoms with E-state index in [4.69, 9.17) is 4.74 Å². The third-order valence-electron chi connectivity index (χ3n) is 5.55. The number of hydrogen-bond donors (Lipinski definition) is 1. The summed E-state index contributed by atoms with van der Waals surface area (Å²) in [6.07, 6.45) is -0.236. The first kappa shape index (κ1) is 18.2. The van der Waals surface area contributed by atoms with Gasteiger partial charge in [0.05, 0.1) is 11.1 Å². The Morgan fingerprint density at radius 3 is 2.65 bits per heavy atom. The van der Waals surface area contributed by atoms with Crippen molar-refractivity contribution in [3.8, 4) is 5.75 Å². The highest BCUT2D eigenvalue weighted by atomic mass is 16.5. The van der Waals surface area contributed by atoms with Crippen LogP contribution in [0.15, 0.2) is 24.3 Å². The van der Waals surface area contributed by atoms with E-state index in [9.17, 15) is 19.5 Å². The highest BCUT2D eigenvalue weighted by Gasteiger charge is 2.48. The molecule has 2 unspecified atom stereocenters. The molecule has 0 saturated carbocycles. The lowest BCUT2D eigenvalue weighted by Crippen LogP contribution is -2.50. The lowest BCUT2D eigenvalue weighted by molar-refractivity contribution is -0.151. The molecule has 1 aromatic rings. The largest absolute Gasteiger partial charge is 0.481 e. The zero-order chi connectivity index (χ0) is 19.1. The molecule has 3 rings (SSSR count). The smallest absolute Gasteiger partial charge is 0.311 e. The Morgan fingerprint density at radius 1 is 1.35 bits per heavy atom. The maximum absolute atomic E-state index is 12.8. The molecule has 0 bridgehead atoms. The first-order valence-corrected chi connectivity index (χ1v) is 8.84. The zero-order valence-electron chi connectivity index (χ0n) is 15.3. The minimum atomic E-state index is -0.921. The Bertz CT molecular complexity index is 747. The van der Waals surface area contributed by atoms with Gasteiger partial charge in [0.15, 0.2) is 6.10 Å². The molecule has 2 heterocycles. The normalized spacial score (nSPS) is 25.2. The highest BCUT2D eigenvalue weighted by molar-refractivity contribution is 6.03. The van der Waals surface area contributed by atoms with E-state index in [0.29, 0.717) is 24.4 Å². The van der Waals surface area contributed by atoms with Crippen LogP contribution in [0.25, 0.3) is 0 Å². The predicted octanol–water partition coefficient (Wildman–Crippen LogP) is 1.76. The third kappa shape index (κ3) is 2.91. The van der Waals surface area contributed by atoms with Gasteiger partial charge in [-0.05, 0) is 31.4 Å². The molecule has 2 amide bonds. The maximum Gasteiger partial charge on any atom is 0.311 e. The number of para-hydroxylation sites is 2. The lowest BCUT2D eigenvalue weighted by Gasteiger charge is -2.34. The summed E-state index contributed by atoms with van der Waals surface area (Å²) in [5, 5.41) is 9.64. The molecule has 140 valence electrons. The Kier molecular flexibility index (Phi) is 4.64. The van der Waals surface area contributed by atoms with Crippen molar-refractivity contribution in [1.29, 1.82) is 0 Å². The molecule has 1 saturated heterocycles. The van der Waals surface area contributed by atoms with E-state index in [1.807, 2.05) is 19.9 Å². The molecule has 2 aliphatic heterocycles. The molecule has 0 spiro atoms. The number of carboxylic acids is 1. The molecule has 0 aliphatic carbocycles. The second-order valence-electron chi connectivity index (χ2n) is 7.33. The van der Waals surface area contributed by atoms with E-state index < -0.39 is 17.5 Å². The first-order valence-electron chi connectivity index (χ1n) is 8.84. The van der Waals surface area contributed by atoms with Crippen LogP contribution in [0.3, 0.4) is 0 Å². The van der Waals surface area contributed by atoms with Crippen LogP contribution in [-0.2, 0) is 14.4 Å². The van der Waals surface area contributed by atoms with Crippen molar-refractivity contribution in [3.05, 3.63) is 24.3 Å². The molecule has 0 aromatic heterocycles. The van der Waals surface area contributed by atoms with E-state index >= 15 is 0 Å². The number of amides is 2. The molecule has 2 aliphatic rings. The SMILES string of the molecule is CC1Oc2ccccc2N(CC(=O)N2CCC(C(=O)O)(C(C)C)C2)C1=O. The standard InChI is InChI=1S/C19H24N2O5/c1-12(2)19(18(24)25)8-9-20(11-19)16(22)10-21-14-6-4-5-7-15(14)26-13(3)17(21)23/h4-7,12-13H,8-11H2,1-3H3,(H,24,25). The number of rotatable bonds is 4. The van der Waals surface area contributed by atoms with Gasteiger partial charge in [-0.2, -0.15) is 0 Å². The van der Waals surface area contributed by atoms with Gasteiger partial charge in [-0.1, -0.05) is 26.0 Å². The second-order valence-corrected chi connectivity index (χ2v) is 7.33. The summed E-state index contributed by atoms with van der Waals surface area (Å²) < 4.78 is 5.58. The number of nitrogens with zero attached hydrogens (tertiary/aromatic N) is 2. The molecule has 7 heteroatoms. The maximum atomic E-state index is 12.8. The van der Waals surface area contributed by atoms with Crippen LogP contribution in [0.5, 0.6) is 5.75 Å². The fourth-order valence-corrected chi connectivity index (χ4v) is 3.70. The van der Waals surface area contributed by atoms with E-state index in [1.165, 1.54) is 4.90 Å². The minimum absolute atomic E-state index is 0.0800. The van der Waals surface area contributed by atoms with Gasteiger partial charge in [0.25, 0.3) is 5.91 Å². The van der Waals surface area contributed by atoms with Crippen LogP contribution in [0.4, 0.5) is 5.69 Å². The quantitative estimate of drug-likeness (QED) is 0.884. The predicted molar refractivity (Wildman–Crippen MR) is 95.0 cm³/mol. The number of aliphatic carboxylic acids is 1. The van der Waals surface area contributed by atoms with Crippen LogP contribution in [-0.4, -0.2) is 53.5 Å². The molecule has 2 atom stereocenters. The molecule has 7 nitrogen and oxygen atoms in total. The Balaban J connectivity index is 1.78. The summed E-state index contributed by atoms with van der Waals surface area (Å²) >= 11 is 0. The van der Waals surface area contributed by atoms with E-state index in [2.05, 4.69) is 0 Å². The number of fused-ring (bicyclic) bond motifs is 1. The van der Waals surface area contributed by atoms with Crippen molar-refractivity contribution in [2.24, 2.45) is 11.3 Å². The Labute approximate surface area is 152 Å².